The number of hydrogen-bond acceptors (Lipinski definition) is 7. The minimum atomic E-state index is -4.40. The van der Waals surface area contributed by atoms with Crippen LogP contribution in [0.25, 0.3) is 21.3 Å². The molecular weight excluding hydrogens is 495 g/mol. The van der Waals surface area contributed by atoms with Gasteiger partial charge in [0.25, 0.3) is 21.5 Å². The number of rotatable bonds is 6. The number of sulfonamides is 1. The molecule has 0 spiro atoms. The summed E-state index contributed by atoms with van der Waals surface area (Å²) in [6.45, 7) is 5.67. The third-order valence-electron chi connectivity index (χ3n) is 5.47. The summed E-state index contributed by atoms with van der Waals surface area (Å²) in [6.07, 6.45) is 3.07. The van der Waals surface area contributed by atoms with Gasteiger partial charge in [-0.3, -0.25) is 14.6 Å². The maximum atomic E-state index is 15.6. The Kier molecular flexibility index (Phi) is 6.25. The highest BCUT2D eigenvalue weighted by Crippen LogP contribution is 2.45. The Labute approximate surface area is 204 Å². The topological polar surface area (TPSA) is 152 Å². The Morgan fingerprint density at radius 1 is 1.31 bits per heavy atom. The molecule has 0 radical (unpaired) electrons. The summed E-state index contributed by atoms with van der Waals surface area (Å²) < 4.78 is 40.5. The first kappa shape index (κ1) is 24.6. The predicted molar refractivity (Wildman–Crippen MR) is 133 cm³/mol. The van der Waals surface area contributed by atoms with Crippen LogP contribution in [-0.4, -0.2) is 35.4 Å². The first-order valence-corrected chi connectivity index (χ1v) is 12.9. The van der Waals surface area contributed by atoms with Gasteiger partial charge in [0, 0.05) is 36.9 Å². The summed E-state index contributed by atoms with van der Waals surface area (Å²) >= 11 is 0.634. The fraction of sp³-hybridized carbons (Fsp3) is 0.227. The second kappa shape index (κ2) is 8.91. The van der Waals surface area contributed by atoms with Gasteiger partial charge in [-0.15, -0.1) is 11.3 Å². The van der Waals surface area contributed by atoms with Crippen molar-refractivity contribution in [3.8, 4) is 10.4 Å². The SMILES string of the molecule is CCNC(=O)c1cc2c(-c3sc(S(N)(=O)=O)c(F)c3Nc3c(C)ccnc3C)cn(C)c(=O)c2[nH]1. The summed E-state index contributed by atoms with van der Waals surface area (Å²) in [4.78, 5) is 32.4. The van der Waals surface area contributed by atoms with Crippen LogP contribution in [0.5, 0.6) is 0 Å². The molecule has 35 heavy (non-hydrogen) atoms. The lowest BCUT2D eigenvalue weighted by atomic mass is 10.1. The van der Waals surface area contributed by atoms with Gasteiger partial charge in [0.1, 0.15) is 11.2 Å². The quantitative estimate of drug-likeness (QED) is 0.308. The Morgan fingerprint density at radius 2 is 2.03 bits per heavy atom. The fourth-order valence-corrected chi connectivity index (χ4v) is 5.73. The van der Waals surface area contributed by atoms with E-state index in [0.717, 1.165) is 5.56 Å². The van der Waals surface area contributed by atoms with Crippen LogP contribution >= 0.6 is 11.3 Å². The molecule has 13 heteroatoms. The van der Waals surface area contributed by atoms with Gasteiger partial charge in [-0.05, 0) is 38.5 Å². The van der Waals surface area contributed by atoms with Crippen molar-refractivity contribution in [3.63, 3.8) is 0 Å². The lowest BCUT2D eigenvalue weighted by Crippen LogP contribution is -2.23. The monoisotopic (exact) mass is 518 g/mol. The third-order valence-corrected chi connectivity index (χ3v) is 8.10. The highest BCUT2D eigenvalue weighted by molar-refractivity contribution is 7.91. The summed E-state index contributed by atoms with van der Waals surface area (Å²) in [6, 6.07) is 3.21. The van der Waals surface area contributed by atoms with Crippen LogP contribution in [0.2, 0.25) is 0 Å². The number of aromatic nitrogens is 3. The van der Waals surface area contributed by atoms with E-state index in [2.05, 4.69) is 20.6 Å². The molecular formula is C22H23FN6O4S2. The van der Waals surface area contributed by atoms with Gasteiger partial charge in [0.2, 0.25) is 0 Å². The number of aromatic amines is 1. The van der Waals surface area contributed by atoms with Crippen LogP contribution in [0.1, 0.15) is 28.7 Å². The minimum Gasteiger partial charge on any atom is -0.351 e. The van der Waals surface area contributed by atoms with E-state index in [1.165, 1.54) is 23.9 Å². The lowest BCUT2D eigenvalue weighted by molar-refractivity contribution is 0.0951. The van der Waals surface area contributed by atoms with Crippen LogP contribution in [-0.2, 0) is 17.1 Å². The number of carbonyl (C=O) groups excluding carboxylic acids is 1. The molecule has 4 aromatic rings. The zero-order chi connectivity index (χ0) is 25.7. The average Bonchev–Trinajstić information content (AvgIpc) is 3.36. The third kappa shape index (κ3) is 4.33. The number of nitrogens with zero attached hydrogens (tertiary/aromatic N) is 2. The van der Waals surface area contributed by atoms with E-state index in [1.807, 2.05) is 0 Å². The highest BCUT2D eigenvalue weighted by Gasteiger charge is 2.29. The molecule has 0 saturated carbocycles. The molecule has 4 heterocycles. The molecule has 0 aliphatic heterocycles. The van der Waals surface area contributed by atoms with Crippen LogP contribution < -0.4 is 21.3 Å². The largest absolute Gasteiger partial charge is 0.351 e. The van der Waals surface area contributed by atoms with Gasteiger partial charge in [-0.2, -0.15) is 0 Å². The Balaban J connectivity index is 2.04. The predicted octanol–water partition coefficient (Wildman–Crippen LogP) is 2.89. The highest BCUT2D eigenvalue weighted by atomic mass is 32.2. The molecule has 4 rings (SSSR count). The molecule has 10 nitrogen and oxygen atoms in total. The molecule has 0 bridgehead atoms. The first-order chi connectivity index (χ1) is 16.4. The molecule has 0 saturated heterocycles. The number of hydrogen-bond donors (Lipinski definition) is 4. The van der Waals surface area contributed by atoms with Crippen molar-refractivity contribution in [2.45, 2.75) is 25.0 Å². The van der Waals surface area contributed by atoms with E-state index in [9.17, 15) is 18.0 Å². The minimum absolute atomic E-state index is 0.122. The fourth-order valence-electron chi connectivity index (χ4n) is 3.78. The zero-order valence-electron chi connectivity index (χ0n) is 19.3. The number of amides is 1. The molecule has 0 aromatic carbocycles. The summed E-state index contributed by atoms with van der Waals surface area (Å²) in [5, 5.41) is 11.3. The van der Waals surface area contributed by atoms with Gasteiger partial charge in [0.15, 0.2) is 10.0 Å². The number of anilines is 2. The van der Waals surface area contributed by atoms with Gasteiger partial charge in [0.05, 0.1) is 21.9 Å². The number of primary sulfonamides is 1. The number of thiophene rings is 1. The van der Waals surface area contributed by atoms with Crippen molar-refractivity contribution in [1.29, 1.82) is 0 Å². The number of pyridine rings is 2. The average molecular weight is 519 g/mol. The lowest BCUT2D eigenvalue weighted by Gasteiger charge is -2.13. The first-order valence-electron chi connectivity index (χ1n) is 10.5. The van der Waals surface area contributed by atoms with E-state index < -0.39 is 31.5 Å². The molecule has 0 atom stereocenters. The maximum absolute atomic E-state index is 15.6. The molecule has 0 aliphatic carbocycles. The van der Waals surface area contributed by atoms with Crippen molar-refractivity contribution < 1.29 is 17.6 Å². The summed E-state index contributed by atoms with van der Waals surface area (Å²) in [7, 11) is -2.89. The van der Waals surface area contributed by atoms with E-state index in [1.54, 1.807) is 33.0 Å². The number of nitrogens with one attached hydrogen (secondary N) is 3. The van der Waals surface area contributed by atoms with E-state index in [-0.39, 0.29) is 21.8 Å². The molecule has 4 aromatic heterocycles. The molecule has 0 aliphatic rings. The van der Waals surface area contributed by atoms with Crippen molar-refractivity contribution in [1.82, 2.24) is 19.9 Å². The molecule has 5 N–H and O–H groups in total. The van der Waals surface area contributed by atoms with Gasteiger partial charge >= 0.3 is 0 Å². The number of aryl methyl sites for hydroxylation is 3. The number of H-pyrrole nitrogens is 1. The molecule has 184 valence electrons. The molecule has 0 unspecified atom stereocenters. The van der Waals surface area contributed by atoms with Crippen molar-refractivity contribution in [2.24, 2.45) is 12.2 Å². The van der Waals surface area contributed by atoms with Crippen LogP contribution in [0.4, 0.5) is 15.8 Å². The molecule has 1 amide bonds. The number of halogens is 1. The van der Waals surface area contributed by atoms with Crippen LogP contribution in [0.3, 0.4) is 0 Å². The number of fused-ring (bicyclic) bond motifs is 1. The van der Waals surface area contributed by atoms with Gasteiger partial charge in [-0.1, -0.05) is 0 Å². The van der Waals surface area contributed by atoms with E-state index in [4.69, 9.17) is 5.14 Å². The van der Waals surface area contributed by atoms with E-state index >= 15 is 4.39 Å². The second-order valence-corrected chi connectivity index (χ2v) is 10.7. The Morgan fingerprint density at radius 3 is 2.66 bits per heavy atom. The smallest absolute Gasteiger partial charge is 0.274 e. The van der Waals surface area contributed by atoms with Crippen molar-refractivity contribution >= 4 is 49.5 Å². The van der Waals surface area contributed by atoms with Gasteiger partial charge in [-0.25, -0.2) is 17.9 Å². The van der Waals surface area contributed by atoms with Crippen LogP contribution in [0, 0.1) is 19.7 Å². The van der Waals surface area contributed by atoms with E-state index in [0.29, 0.717) is 40.2 Å². The normalized spacial score (nSPS) is 11.7. The Hall–Kier alpha value is -3.55. The standard InChI is InChI=1S/C22H23FN6O4S2/c1-5-25-20(30)14-8-12-13(9-29(4)21(31)17(12)27-14)19-18(15(23)22(34-19)35(24,32)33)28-16-10(2)6-7-26-11(16)3/h6-9,27-28H,5H2,1-4H3,(H,25,30)(H2,24,32,33). The molecule has 0 fully saturated rings. The number of nitrogens with two attached hydrogens (primary N) is 1. The zero-order valence-corrected chi connectivity index (χ0v) is 20.9. The van der Waals surface area contributed by atoms with Crippen molar-refractivity contribution in [2.75, 3.05) is 11.9 Å². The summed E-state index contributed by atoms with van der Waals surface area (Å²) in [5.74, 6) is -1.46. The second-order valence-electron chi connectivity index (χ2n) is 7.96. The number of carbonyl (C=O) groups is 1. The van der Waals surface area contributed by atoms with Crippen LogP contribution in [0.15, 0.2) is 33.5 Å². The summed E-state index contributed by atoms with van der Waals surface area (Å²) in [5.41, 5.74) is 1.91. The Bertz CT molecular complexity index is 1630. The van der Waals surface area contributed by atoms with Gasteiger partial charge < -0.3 is 20.2 Å². The van der Waals surface area contributed by atoms with Crippen molar-refractivity contribution in [3.05, 3.63) is 57.6 Å². The maximum Gasteiger partial charge on any atom is 0.274 e.